The molecule has 3 aromatic rings. The Morgan fingerprint density at radius 2 is 2.12 bits per heavy atom. The van der Waals surface area contributed by atoms with Crippen LogP contribution in [-0.2, 0) is 7.05 Å². The first kappa shape index (κ1) is 18.0. The van der Waals surface area contributed by atoms with Crippen molar-refractivity contribution in [2.45, 2.75) is 45.2 Å². The highest BCUT2D eigenvalue weighted by molar-refractivity contribution is 6.67. The van der Waals surface area contributed by atoms with E-state index in [9.17, 15) is 5.26 Å². The summed E-state index contributed by atoms with van der Waals surface area (Å²) >= 11 is 0. The van der Waals surface area contributed by atoms with E-state index in [1.54, 1.807) is 21.6 Å². The minimum Gasteiger partial charge on any atom is -0.384 e. The molecule has 0 aliphatic carbocycles. The molecule has 2 N–H and O–H groups in total. The molecule has 3 aromatic heterocycles. The molecule has 0 spiro atoms. The predicted molar refractivity (Wildman–Crippen MR) is 104 cm³/mol. The number of nitrogens with two attached hydrogens (primary N) is 1. The molecule has 0 aromatic carbocycles. The van der Waals surface area contributed by atoms with Gasteiger partial charge in [-0.05, 0) is 12.3 Å². The summed E-state index contributed by atoms with van der Waals surface area (Å²) in [4.78, 5) is 4.85. The number of aromatic nitrogens is 5. The molecular formula is C18H24BN7. The Balaban J connectivity index is 0.000000948. The summed E-state index contributed by atoms with van der Waals surface area (Å²) in [6, 6.07) is 1.90. The average molecular weight is 349 g/mol. The molecule has 1 atom stereocenters. The number of rotatable bonds is 2. The minimum absolute atomic E-state index is 0.116. The molecule has 1 saturated heterocycles. The smallest absolute Gasteiger partial charge is 0.268 e. The van der Waals surface area contributed by atoms with Crippen molar-refractivity contribution in [3.05, 3.63) is 30.4 Å². The van der Waals surface area contributed by atoms with Crippen LogP contribution >= 0.6 is 0 Å². The lowest BCUT2D eigenvalue weighted by molar-refractivity contribution is 0.614. The van der Waals surface area contributed by atoms with Gasteiger partial charge in [0.05, 0.1) is 12.4 Å². The van der Waals surface area contributed by atoms with Gasteiger partial charge in [0.15, 0.2) is 5.65 Å². The molecule has 1 fully saturated rings. The van der Waals surface area contributed by atoms with Crippen molar-refractivity contribution < 1.29 is 0 Å². The fourth-order valence-corrected chi connectivity index (χ4v) is 3.55. The Morgan fingerprint density at radius 1 is 1.31 bits per heavy atom. The van der Waals surface area contributed by atoms with E-state index < -0.39 is 0 Å². The summed E-state index contributed by atoms with van der Waals surface area (Å²) in [6.45, 7) is 4.12. The molecule has 26 heavy (non-hydrogen) atoms. The van der Waals surface area contributed by atoms with E-state index in [1.165, 1.54) is 0 Å². The Bertz CT molecular complexity index is 937. The van der Waals surface area contributed by atoms with Crippen LogP contribution in [0.25, 0.3) is 16.8 Å². The molecular weight excluding hydrogens is 325 g/mol. The van der Waals surface area contributed by atoms with Crippen molar-refractivity contribution in [1.29, 1.82) is 5.26 Å². The summed E-state index contributed by atoms with van der Waals surface area (Å²) in [6.07, 6.45) is 9.47. The van der Waals surface area contributed by atoms with Gasteiger partial charge >= 0.3 is 0 Å². The monoisotopic (exact) mass is 349 g/mol. The molecule has 0 bridgehead atoms. The molecule has 134 valence electrons. The first-order valence-electron chi connectivity index (χ1n) is 9.18. The van der Waals surface area contributed by atoms with Crippen molar-refractivity contribution in [3.8, 4) is 17.1 Å². The lowest BCUT2D eigenvalue weighted by atomic mass is 9.41. The normalized spacial score (nSPS) is 16.8. The maximum absolute atomic E-state index is 9.23. The highest BCUT2D eigenvalue weighted by atomic mass is 15.3. The van der Waals surface area contributed by atoms with Gasteiger partial charge in [-0.2, -0.15) is 14.7 Å². The third-order valence-electron chi connectivity index (χ3n) is 4.81. The fourth-order valence-electron chi connectivity index (χ4n) is 3.55. The molecule has 8 heteroatoms. The first-order chi connectivity index (χ1) is 12.7. The van der Waals surface area contributed by atoms with Crippen molar-refractivity contribution in [1.82, 2.24) is 24.4 Å². The summed E-state index contributed by atoms with van der Waals surface area (Å²) in [7, 11) is 1.88. The Hall–Kier alpha value is -2.82. The van der Waals surface area contributed by atoms with E-state index in [0.717, 1.165) is 47.9 Å². The average Bonchev–Trinajstić information content (AvgIpc) is 3.29. The highest BCUT2D eigenvalue weighted by Crippen LogP contribution is 2.34. The third-order valence-corrected chi connectivity index (χ3v) is 4.81. The number of fused-ring (bicyclic) bond motifs is 1. The lowest BCUT2D eigenvalue weighted by Gasteiger charge is -2.23. The molecule has 0 saturated carbocycles. The van der Waals surface area contributed by atoms with Crippen molar-refractivity contribution >= 4 is 18.2 Å². The highest BCUT2D eigenvalue weighted by Gasteiger charge is 2.28. The van der Waals surface area contributed by atoms with E-state index >= 15 is 0 Å². The van der Waals surface area contributed by atoms with Crippen LogP contribution in [0.4, 0.5) is 5.82 Å². The van der Waals surface area contributed by atoms with Crippen LogP contribution in [0.2, 0.25) is 12.6 Å². The van der Waals surface area contributed by atoms with Crippen molar-refractivity contribution in [3.63, 3.8) is 0 Å². The molecule has 4 rings (SSSR count). The SMILES string of the molecule is CC.Cn1cc(-c2cnn3c(N)cc(C4CCCB(C#N)C4)nc23)cn1. The molecule has 0 amide bonds. The molecule has 4 heterocycles. The number of anilines is 1. The first-order valence-corrected chi connectivity index (χ1v) is 9.18. The molecule has 0 radical (unpaired) electrons. The Morgan fingerprint density at radius 3 is 2.81 bits per heavy atom. The maximum Gasteiger partial charge on any atom is 0.268 e. The van der Waals surface area contributed by atoms with Crippen molar-refractivity contribution in [2.75, 3.05) is 5.73 Å². The molecule has 1 aliphatic rings. The fraction of sp³-hybridized carbons (Fsp3) is 0.444. The number of nitrogen functional groups attached to an aromatic ring is 1. The van der Waals surface area contributed by atoms with E-state index in [4.69, 9.17) is 10.7 Å². The number of hydrogen-bond donors (Lipinski definition) is 1. The van der Waals surface area contributed by atoms with Gasteiger partial charge in [0.2, 0.25) is 0 Å². The van der Waals surface area contributed by atoms with Gasteiger partial charge in [-0.3, -0.25) is 4.68 Å². The van der Waals surface area contributed by atoms with Crippen LogP contribution in [0, 0.1) is 11.2 Å². The molecule has 7 nitrogen and oxygen atoms in total. The van der Waals surface area contributed by atoms with Gasteiger partial charge in [0.25, 0.3) is 6.71 Å². The summed E-state index contributed by atoms with van der Waals surface area (Å²) in [5.74, 6) is 3.26. The second-order valence-corrected chi connectivity index (χ2v) is 6.49. The second kappa shape index (κ2) is 7.60. The largest absolute Gasteiger partial charge is 0.384 e. The van der Waals surface area contributed by atoms with Crippen molar-refractivity contribution in [2.24, 2.45) is 7.05 Å². The number of hydrogen-bond acceptors (Lipinski definition) is 5. The predicted octanol–water partition coefficient (Wildman–Crippen LogP) is 3.17. The van der Waals surface area contributed by atoms with Gasteiger partial charge in [-0.1, -0.05) is 32.9 Å². The van der Waals surface area contributed by atoms with Gasteiger partial charge in [0.1, 0.15) is 5.82 Å². The topological polar surface area (TPSA) is 97.8 Å². The summed E-state index contributed by atoms with van der Waals surface area (Å²) in [5.41, 5.74) is 9.80. The van der Waals surface area contributed by atoms with Crippen LogP contribution < -0.4 is 5.73 Å². The zero-order valence-electron chi connectivity index (χ0n) is 15.6. The minimum atomic E-state index is 0.116. The standard InChI is InChI=1S/C16H18BN7.C2H6/c1-23-9-12(7-20-23)13-8-21-24-15(19)5-14(22-16(13)24)11-3-2-4-17(6-11)10-18;1-2/h5,7-9,11H,2-4,6,19H2,1H3;1-2H3. The maximum atomic E-state index is 9.23. The van der Waals surface area contributed by atoms with Gasteiger partial charge in [0, 0.05) is 42.1 Å². The van der Waals surface area contributed by atoms with Crippen LogP contribution in [0.15, 0.2) is 24.7 Å². The number of nitrogens with zero attached hydrogens (tertiary/aromatic N) is 6. The van der Waals surface area contributed by atoms with Gasteiger partial charge < -0.3 is 5.73 Å². The van der Waals surface area contributed by atoms with E-state index in [2.05, 4.69) is 16.2 Å². The van der Waals surface area contributed by atoms with Crippen LogP contribution in [0.1, 0.15) is 38.3 Å². The molecule has 1 aliphatic heterocycles. The zero-order valence-corrected chi connectivity index (χ0v) is 15.6. The van der Waals surface area contributed by atoms with E-state index in [-0.39, 0.29) is 12.6 Å². The third kappa shape index (κ3) is 3.29. The van der Waals surface area contributed by atoms with Crippen LogP contribution in [-0.4, -0.2) is 31.1 Å². The Labute approximate surface area is 153 Å². The summed E-state index contributed by atoms with van der Waals surface area (Å²) in [5, 5.41) is 17.8. The summed E-state index contributed by atoms with van der Waals surface area (Å²) < 4.78 is 3.42. The second-order valence-electron chi connectivity index (χ2n) is 6.49. The quantitative estimate of drug-likeness (QED) is 0.717. The van der Waals surface area contributed by atoms with Gasteiger partial charge in [-0.15, -0.1) is 0 Å². The van der Waals surface area contributed by atoms with Crippen LogP contribution in [0.3, 0.4) is 0 Å². The Kier molecular flexibility index (Phi) is 5.26. The molecule has 1 unspecified atom stereocenters. The van der Waals surface area contributed by atoms with Gasteiger partial charge in [-0.25, -0.2) is 10.2 Å². The van der Waals surface area contributed by atoms with Crippen LogP contribution in [0.5, 0.6) is 0 Å². The zero-order chi connectivity index (χ0) is 18.7. The number of nitriles is 1. The van der Waals surface area contributed by atoms with E-state index in [0.29, 0.717) is 5.82 Å². The number of aryl methyl sites for hydroxylation is 1. The van der Waals surface area contributed by atoms with E-state index in [1.807, 2.05) is 33.2 Å². The lowest BCUT2D eigenvalue weighted by Crippen LogP contribution is -2.21.